The Bertz CT molecular complexity index is 1130. The topological polar surface area (TPSA) is 96.2 Å². The van der Waals surface area contributed by atoms with Crippen molar-refractivity contribution in [3.63, 3.8) is 0 Å². The second kappa shape index (κ2) is 7.34. The van der Waals surface area contributed by atoms with E-state index < -0.39 is 5.97 Å². The quantitative estimate of drug-likeness (QED) is 0.509. The highest BCUT2D eigenvalue weighted by Gasteiger charge is 2.25. The minimum absolute atomic E-state index is 0.253. The third kappa shape index (κ3) is 3.31. The van der Waals surface area contributed by atoms with E-state index in [1.54, 1.807) is 16.9 Å². The van der Waals surface area contributed by atoms with Gasteiger partial charge in [-0.05, 0) is 36.6 Å². The number of nitrogens with zero attached hydrogens (tertiary/aromatic N) is 3. The molecule has 3 aromatic heterocycles. The van der Waals surface area contributed by atoms with Crippen LogP contribution in [0.15, 0.2) is 47.1 Å². The molecule has 4 aromatic rings. The fourth-order valence-corrected chi connectivity index (χ4v) is 3.10. The maximum Gasteiger partial charge on any atom is 0.344 e. The highest BCUT2D eigenvalue weighted by Crippen LogP contribution is 2.29. The van der Waals surface area contributed by atoms with E-state index in [9.17, 15) is 4.79 Å². The van der Waals surface area contributed by atoms with Crippen molar-refractivity contribution in [3.8, 4) is 0 Å². The van der Waals surface area contributed by atoms with E-state index >= 15 is 0 Å². The monoisotopic (exact) mass is 378 g/mol. The summed E-state index contributed by atoms with van der Waals surface area (Å²) in [5.74, 6) is 0.939. The van der Waals surface area contributed by atoms with Gasteiger partial charge in [0, 0.05) is 0 Å². The lowest BCUT2D eigenvalue weighted by Crippen LogP contribution is -2.11. The molecule has 0 aliphatic heterocycles. The van der Waals surface area contributed by atoms with Gasteiger partial charge in [-0.2, -0.15) is 0 Å². The van der Waals surface area contributed by atoms with Gasteiger partial charge in [0.15, 0.2) is 5.65 Å². The van der Waals surface area contributed by atoms with E-state index in [1.165, 1.54) is 0 Å². The van der Waals surface area contributed by atoms with Crippen LogP contribution in [0.2, 0.25) is 0 Å². The molecule has 0 fully saturated rings. The average Bonchev–Trinajstić information content (AvgIpc) is 3.27. The molecule has 0 spiro atoms. The van der Waals surface area contributed by atoms with Crippen LogP contribution in [0, 0.1) is 5.92 Å². The molecule has 2 N–H and O–H groups in total. The maximum absolute atomic E-state index is 12.8. The zero-order chi connectivity index (χ0) is 19.7. The number of anilines is 1. The lowest BCUT2D eigenvalue weighted by Gasteiger charge is -2.07. The van der Waals surface area contributed by atoms with Gasteiger partial charge in [-0.25, -0.2) is 14.8 Å². The smallest absolute Gasteiger partial charge is 0.344 e. The fourth-order valence-electron chi connectivity index (χ4n) is 3.10. The number of carbonyl (C=O) groups is 1. The van der Waals surface area contributed by atoms with Gasteiger partial charge >= 0.3 is 5.97 Å². The largest absolute Gasteiger partial charge is 0.467 e. The molecule has 0 aliphatic rings. The number of para-hydroxylation sites is 2. The van der Waals surface area contributed by atoms with Gasteiger partial charge in [-0.15, -0.1) is 0 Å². The summed E-state index contributed by atoms with van der Waals surface area (Å²) in [5.41, 5.74) is 9.02. The molecular weight excluding hydrogens is 356 g/mol. The highest BCUT2D eigenvalue weighted by atomic mass is 16.5. The highest BCUT2D eigenvalue weighted by molar-refractivity contribution is 6.08. The molecule has 0 saturated carbocycles. The maximum atomic E-state index is 12.8. The van der Waals surface area contributed by atoms with Gasteiger partial charge in [-0.3, -0.25) is 0 Å². The summed E-state index contributed by atoms with van der Waals surface area (Å²) in [6.07, 6.45) is 2.38. The second-order valence-corrected chi connectivity index (χ2v) is 7.13. The van der Waals surface area contributed by atoms with E-state index in [4.69, 9.17) is 19.9 Å². The Morgan fingerprint density at radius 2 is 1.93 bits per heavy atom. The minimum Gasteiger partial charge on any atom is -0.467 e. The predicted octanol–water partition coefficient (Wildman–Crippen LogP) is 4.01. The molecule has 0 saturated heterocycles. The summed E-state index contributed by atoms with van der Waals surface area (Å²) >= 11 is 0. The summed E-state index contributed by atoms with van der Waals surface area (Å²) in [6, 6.07) is 11.2. The number of nitrogens with two attached hydrogens (primary N) is 1. The van der Waals surface area contributed by atoms with Crippen molar-refractivity contribution in [1.29, 1.82) is 0 Å². The Hall–Kier alpha value is -3.35. The molecule has 0 bridgehead atoms. The van der Waals surface area contributed by atoms with Crippen LogP contribution in [-0.4, -0.2) is 27.1 Å². The lowest BCUT2D eigenvalue weighted by atomic mass is 10.1. The van der Waals surface area contributed by atoms with Crippen molar-refractivity contribution in [2.75, 3.05) is 12.3 Å². The summed E-state index contributed by atoms with van der Waals surface area (Å²) in [4.78, 5) is 22.2. The number of hydrogen-bond acceptors (Lipinski definition) is 6. The zero-order valence-corrected chi connectivity index (χ0v) is 15.9. The first-order chi connectivity index (χ1) is 13.5. The molecule has 28 heavy (non-hydrogen) atoms. The number of fused-ring (bicyclic) bond motifs is 2. The Balaban J connectivity index is 1.84. The Morgan fingerprint density at radius 1 is 1.18 bits per heavy atom. The zero-order valence-electron chi connectivity index (χ0n) is 15.9. The van der Waals surface area contributed by atoms with Crippen molar-refractivity contribution < 1.29 is 13.9 Å². The van der Waals surface area contributed by atoms with Crippen molar-refractivity contribution in [2.45, 2.75) is 26.8 Å². The molecule has 0 unspecified atom stereocenters. The molecule has 0 amide bonds. The first-order valence-corrected chi connectivity index (χ1v) is 9.28. The lowest BCUT2D eigenvalue weighted by molar-refractivity contribution is 0.0491. The molecule has 7 heteroatoms. The van der Waals surface area contributed by atoms with E-state index in [0.717, 1.165) is 11.9 Å². The number of benzene rings is 1. The first-order valence-electron chi connectivity index (χ1n) is 9.28. The summed E-state index contributed by atoms with van der Waals surface area (Å²) in [6.45, 7) is 4.84. The van der Waals surface area contributed by atoms with E-state index in [-0.39, 0.29) is 11.4 Å². The number of aromatic nitrogens is 3. The molecule has 3 heterocycles. The summed E-state index contributed by atoms with van der Waals surface area (Å²) < 4.78 is 12.7. The molecule has 0 radical (unpaired) electrons. The van der Waals surface area contributed by atoms with E-state index in [2.05, 4.69) is 18.8 Å². The van der Waals surface area contributed by atoms with Gasteiger partial charge in [0.05, 0.1) is 30.4 Å². The molecule has 144 valence electrons. The number of esters is 1. The Morgan fingerprint density at radius 3 is 2.61 bits per heavy atom. The number of rotatable bonds is 6. The van der Waals surface area contributed by atoms with Crippen LogP contribution in [0.4, 0.5) is 5.82 Å². The van der Waals surface area contributed by atoms with Crippen molar-refractivity contribution in [3.05, 3.63) is 54.0 Å². The average molecular weight is 378 g/mol. The van der Waals surface area contributed by atoms with Gasteiger partial charge in [0.2, 0.25) is 0 Å². The number of ether oxygens (including phenoxy) is 1. The SMILES string of the molecule is CC(C)CCOC(=O)c1c(N)n(Cc2ccco2)c2nc3ccccc3nc12. The normalized spacial score (nSPS) is 11.5. The van der Waals surface area contributed by atoms with Crippen molar-refractivity contribution in [1.82, 2.24) is 14.5 Å². The minimum atomic E-state index is -0.481. The van der Waals surface area contributed by atoms with Gasteiger partial charge in [-0.1, -0.05) is 26.0 Å². The predicted molar refractivity (Wildman–Crippen MR) is 107 cm³/mol. The van der Waals surface area contributed by atoms with Crippen LogP contribution in [-0.2, 0) is 11.3 Å². The van der Waals surface area contributed by atoms with E-state index in [1.807, 2.05) is 30.3 Å². The number of carbonyl (C=O) groups excluding carboxylic acids is 1. The molecule has 0 aliphatic carbocycles. The third-order valence-corrected chi connectivity index (χ3v) is 4.62. The number of nitrogen functional groups attached to an aromatic ring is 1. The first kappa shape index (κ1) is 18.0. The van der Waals surface area contributed by atoms with Crippen molar-refractivity contribution in [2.24, 2.45) is 5.92 Å². The second-order valence-electron chi connectivity index (χ2n) is 7.13. The van der Waals surface area contributed by atoms with Crippen LogP contribution < -0.4 is 5.73 Å². The number of hydrogen-bond donors (Lipinski definition) is 1. The molecule has 4 rings (SSSR count). The molecule has 1 aromatic carbocycles. The van der Waals surface area contributed by atoms with Crippen LogP contribution in [0.5, 0.6) is 0 Å². The van der Waals surface area contributed by atoms with Crippen LogP contribution >= 0.6 is 0 Å². The van der Waals surface area contributed by atoms with Gasteiger partial charge in [0.25, 0.3) is 0 Å². The van der Waals surface area contributed by atoms with Gasteiger partial charge < -0.3 is 19.5 Å². The summed E-state index contributed by atoms with van der Waals surface area (Å²) in [7, 11) is 0. The Kier molecular flexibility index (Phi) is 4.73. The molecular formula is C21H22N4O3. The standard InChI is InChI=1S/C21H22N4O3/c1-13(2)9-11-28-21(26)17-18-20(24-16-8-4-3-7-15(16)23-18)25(19(17)22)12-14-6-5-10-27-14/h3-8,10,13H,9,11-12,22H2,1-2H3. The third-order valence-electron chi connectivity index (χ3n) is 4.62. The van der Waals surface area contributed by atoms with Crippen LogP contribution in [0.25, 0.3) is 22.2 Å². The van der Waals surface area contributed by atoms with Crippen LogP contribution in [0.3, 0.4) is 0 Å². The molecule has 7 nitrogen and oxygen atoms in total. The van der Waals surface area contributed by atoms with Crippen molar-refractivity contribution >= 4 is 34.0 Å². The molecule has 0 atom stereocenters. The fraction of sp³-hybridized carbons (Fsp3) is 0.286. The van der Waals surface area contributed by atoms with E-state index in [0.29, 0.717) is 41.5 Å². The van der Waals surface area contributed by atoms with Crippen LogP contribution in [0.1, 0.15) is 36.4 Å². The Labute approximate surface area is 162 Å². The number of furan rings is 1. The summed E-state index contributed by atoms with van der Waals surface area (Å²) in [5, 5.41) is 0. The van der Waals surface area contributed by atoms with Gasteiger partial charge in [0.1, 0.15) is 22.7 Å².